The Hall–Kier alpha value is -2.88. The van der Waals surface area contributed by atoms with E-state index in [-0.39, 0.29) is 11.7 Å². The molecule has 1 unspecified atom stereocenters. The van der Waals surface area contributed by atoms with E-state index in [2.05, 4.69) is 5.32 Å². The van der Waals surface area contributed by atoms with Crippen molar-refractivity contribution in [3.05, 3.63) is 72.5 Å². The van der Waals surface area contributed by atoms with Crippen molar-refractivity contribution in [1.29, 1.82) is 0 Å². The van der Waals surface area contributed by atoms with Gasteiger partial charge in [0.25, 0.3) is 5.91 Å². The van der Waals surface area contributed by atoms with E-state index in [1.807, 2.05) is 49.4 Å². The lowest BCUT2D eigenvalue weighted by Crippen LogP contribution is -2.32. The van der Waals surface area contributed by atoms with Gasteiger partial charge in [-0.25, -0.2) is 4.39 Å². The van der Waals surface area contributed by atoms with Crippen LogP contribution in [0.4, 0.5) is 10.1 Å². The first-order valence-electron chi connectivity index (χ1n) is 7.88. The lowest BCUT2D eigenvalue weighted by molar-refractivity contribution is -0.122. The zero-order chi connectivity index (χ0) is 16.9. The summed E-state index contributed by atoms with van der Waals surface area (Å²) in [5.41, 5.74) is 0.543. The smallest absolute Gasteiger partial charge is 0.265 e. The maximum absolute atomic E-state index is 12.9. The second kappa shape index (κ2) is 7.13. The molecule has 4 heteroatoms. The predicted octanol–water partition coefficient (Wildman–Crippen LogP) is 4.78. The van der Waals surface area contributed by atoms with Crippen molar-refractivity contribution in [2.24, 2.45) is 0 Å². The highest BCUT2D eigenvalue weighted by molar-refractivity contribution is 5.95. The molecule has 3 rings (SSSR count). The van der Waals surface area contributed by atoms with Gasteiger partial charge < -0.3 is 10.1 Å². The molecule has 0 saturated heterocycles. The van der Waals surface area contributed by atoms with Crippen LogP contribution in [0.1, 0.15) is 13.3 Å². The molecule has 0 bridgehead atoms. The van der Waals surface area contributed by atoms with E-state index in [0.29, 0.717) is 17.9 Å². The third kappa shape index (κ3) is 3.54. The van der Waals surface area contributed by atoms with Crippen LogP contribution >= 0.6 is 0 Å². The third-order valence-corrected chi connectivity index (χ3v) is 3.79. The van der Waals surface area contributed by atoms with E-state index in [1.54, 1.807) is 0 Å². The molecule has 3 aromatic rings. The van der Waals surface area contributed by atoms with Crippen molar-refractivity contribution in [3.63, 3.8) is 0 Å². The number of nitrogens with one attached hydrogen (secondary N) is 1. The van der Waals surface area contributed by atoms with Gasteiger partial charge in [0.2, 0.25) is 0 Å². The van der Waals surface area contributed by atoms with Gasteiger partial charge in [-0.15, -0.1) is 0 Å². The van der Waals surface area contributed by atoms with Crippen LogP contribution in [0.25, 0.3) is 10.8 Å². The van der Waals surface area contributed by atoms with E-state index in [1.165, 1.54) is 24.3 Å². The van der Waals surface area contributed by atoms with Gasteiger partial charge in [-0.3, -0.25) is 4.79 Å². The molecular weight excluding hydrogens is 305 g/mol. The zero-order valence-electron chi connectivity index (χ0n) is 13.3. The van der Waals surface area contributed by atoms with E-state index in [9.17, 15) is 9.18 Å². The monoisotopic (exact) mass is 323 g/mol. The minimum absolute atomic E-state index is 0.253. The maximum atomic E-state index is 12.9. The summed E-state index contributed by atoms with van der Waals surface area (Å²) in [7, 11) is 0. The van der Waals surface area contributed by atoms with Crippen LogP contribution in [-0.4, -0.2) is 12.0 Å². The van der Waals surface area contributed by atoms with Crippen molar-refractivity contribution >= 4 is 22.4 Å². The standard InChI is InChI=1S/C20H18FNO2/c1-2-18(20(23)22-16-12-10-15(21)11-13-16)24-19-9-5-7-14-6-3-4-8-17(14)19/h3-13,18H,2H2,1H3,(H,22,23). The van der Waals surface area contributed by atoms with Gasteiger partial charge in [0.1, 0.15) is 11.6 Å². The van der Waals surface area contributed by atoms with Crippen molar-refractivity contribution in [2.75, 3.05) is 5.32 Å². The first-order valence-corrected chi connectivity index (χ1v) is 7.88. The molecule has 0 fully saturated rings. The lowest BCUT2D eigenvalue weighted by Gasteiger charge is -2.18. The Morgan fingerprint density at radius 3 is 2.50 bits per heavy atom. The summed E-state index contributed by atoms with van der Waals surface area (Å²) in [5, 5.41) is 4.78. The lowest BCUT2D eigenvalue weighted by atomic mass is 10.1. The topological polar surface area (TPSA) is 38.3 Å². The minimum atomic E-state index is -0.624. The highest BCUT2D eigenvalue weighted by atomic mass is 19.1. The Morgan fingerprint density at radius 2 is 1.75 bits per heavy atom. The largest absolute Gasteiger partial charge is 0.480 e. The fourth-order valence-corrected chi connectivity index (χ4v) is 2.53. The number of rotatable bonds is 5. The highest BCUT2D eigenvalue weighted by Gasteiger charge is 2.19. The number of benzene rings is 3. The molecule has 1 amide bonds. The Balaban J connectivity index is 1.78. The van der Waals surface area contributed by atoms with E-state index in [4.69, 9.17) is 4.74 Å². The normalized spacial score (nSPS) is 11.9. The van der Waals surface area contributed by atoms with Gasteiger partial charge in [-0.05, 0) is 42.1 Å². The van der Waals surface area contributed by atoms with Crippen molar-refractivity contribution < 1.29 is 13.9 Å². The fraction of sp³-hybridized carbons (Fsp3) is 0.150. The number of ether oxygens (including phenoxy) is 1. The number of halogens is 1. The van der Waals surface area contributed by atoms with Gasteiger partial charge in [0.05, 0.1) is 0 Å². The molecule has 0 saturated carbocycles. The summed E-state index contributed by atoms with van der Waals surface area (Å²) in [5.74, 6) is 0.0818. The van der Waals surface area contributed by atoms with E-state index in [0.717, 1.165) is 10.8 Å². The molecule has 122 valence electrons. The Bertz CT molecular complexity index is 840. The summed E-state index contributed by atoms with van der Waals surface area (Å²) in [4.78, 5) is 12.4. The summed E-state index contributed by atoms with van der Waals surface area (Å²) in [6.45, 7) is 1.89. The van der Waals surface area contributed by atoms with Crippen LogP contribution < -0.4 is 10.1 Å². The van der Waals surface area contributed by atoms with Crippen LogP contribution in [0.3, 0.4) is 0 Å². The third-order valence-electron chi connectivity index (χ3n) is 3.79. The Morgan fingerprint density at radius 1 is 1.04 bits per heavy atom. The zero-order valence-corrected chi connectivity index (χ0v) is 13.3. The first-order chi connectivity index (χ1) is 11.7. The van der Waals surface area contributed by atoms with E-state index >= 15 is 0 Å². The Kier molecular flexibility index (Phi) is 4.75. The Labute approximate surface area is 140 Å². The number of hydrogen-bond acceptors (Lipinski definition) is 2. The van der Waals surface area contributed by atoms with Gasteiger partial charge in [-0.2, -0.15) is 0 Å². The van der Waals surface area contributed by atoms with Gasteiger partial charge in [0, 0.05) is 11.1 Å². The maximum Gasteiger partial charge on any atom is 0.265 e. The summed E-state index contributed by atoms with van der Waals surface area (Å²) in [6, 6.07) is 19.3. The second-order valence-electron chi connectivity index (χ2n) is 5.49. The molecule has 0 heterocycles. The number of anilines is 1. The summed E-state index contributed by atoms with van der Waals surface area (Å²) in [6.07, 6.45) is -0.100. The SMILES string of the molecule is CCC(Oc1cccc2ccccc12)C(=O)Nc1ccc(F)cc1. The average Bonchev–Trinajstić information content (AvgIpc) is 2.61. The number of fused-ring (bicyclic) bond motifs is 1. The van der Waals surface area contributed by atoms with Gasteiger partial charge in [0.15, 0.2) is 6.10 Å². The van der Waals surface area contributed by atoms with Gasteiger partial charge in [-0.1, -0.05) is 43.3 Å². The molecule has 24 heavy (non-hydrogen) atoms. The number of hydrogen-bond donors (Lipinski definition) is 1. The molecule has 1 N–H and O–H groups in total. The molecule has 0 radical (unpaired) electrons. The average molecular weight is 323 g/mol. The van der Waals surface area contributed by atoms with Crippen LogP contribution in [0, 0.1) is 5.82 Å². The summed E-state index contributed by atoms with van der Waals surface area (Å²) >= 11 is 0. The van der Waals surface area contributed by atoms with Crippen LogP contribution in [0.2, 0.25) is 0 Å². The van der Waals surface area contributed by atoms with Crippen LogP contribution in [0.15, 0.2) is 66.7 Å². The molecule has 0 aliphatic heterocycles. The van der Waals surface area contributed by atoms with Crippen LogP contribution in [0.5, 0.6) is 5.75 Å². The molecular formula is C20H18FNO2. The highest BCUT2D eigenvalue weighted by Crippen LogP contribution is 2.26. The van der Waals surface area contributed by atoms with Crippen molar-refractivity contribution in [2.45, 2.75) is 19.4 Å². The van der Waals surface area contributed by atoms with Crippen molar-refractivity contribution in [3.8, 4) is 5.75 Å². The quantitative estimate of drug-likeness (QED) is 0.734. The van der Waals surface area contributed by atoms with Gasteiger partial charge >= 0.3 is 0 Å². The van der Waals surface area contributed by atoms with Crippen LogP contribution in [-0.2, 0) is 4.79 Å². The molecule has 1 atom stereocenters. The second-order valence-corrected chi connectivity index (χ2v) is 5.49. The van der Waals surface area contributed by atoms with E-state index < -0.39 is 6.10 Å². The molecule has 0 spiro atoms. The molecule has 0 aliphatic carbocycles. The number of carbonyl (C=O) groups is 1. The fourth-order valence-electron chi connectivity index (χ4n) is 2.53. The number of carbonyl (C=O) groups excluding carboxylic acids is 1. The molecule has 0 aromatic heterocycles. The summed E-state index contributed by atoms with van der Waals surface area (Å²) < 4.78 is 18.9. The minimum Gasteiger partial charge on any atom is -0.480 e. The molecule has 3 nitrogen and oxygen atoms in total. The molecule has 0 aliphatic rings. The predicted molar refractivity (Wildman–Crippen MR) is 93.7 cm³/mol. The molecule has 3 aromatic carbocycles. The number of amides is 1. The first kappa shape index (κ1) is 16.0. The van der Waals surface area contributed by atoms with Crippen molar-refractivity contribution in [1.82, 2.24) is 0 Å².